The zero-order chi connectivity index (χ0) is 10.2. The average Bonchev–Trinajstić information content (AvgIpc) is 2.14. The van der Waals surface area contributed by atoms with E-state index in [2.05, 4.69) is 0 Å². The monoisotopic (exact) mass is 210 g/mol. The molecule has 2 nitrogen and oxygen atoms in total. The number of alkyl halides is 3. The highest BCUT2D eigenvalue weighted by atomic mass is 35.5. The van der Waals surface area contributed by atoms with E-state index in [4.69, 9.17) is 16.7 Å². The van der Waals surface area contributed by atoms with Crippen molar-refractivity contribution in [1.29, 1.82) is 0 Å². The fourth-order valence-corrected chi connectivity index (χ4v) is 1.45. The van der Waals surface area contributed by atoms with Crippen LogP contribution in [-0.2, 0) is 4.79 Å². The zero-order valence-corrected chi connectivity index (χ0v) is 7.74. The summed E-state index contributed by atoms with van der Waals surface area (Å²) in [5, 5.41) is 5.76. The topological polar surface area (TPSA) is 37.3 Å². The van der Waals surface area contributed by atoms with Crippen molar-refractivity contribution in [3.63, 3.8) is 0 Å². The molecular formula is C8H9ClF2O2. The highest BCUT2D eigenvalue weighted by molar-refractivity contribution is 6.22. The van der Waals surface area contributed by atoms with Gasteiger partial charge in [-0.2, -0.15) is 8.78 Å². The zero-order valence-electron chi connectivity index (χ0n) is 6.98. The van der Waals surface area contributed by atoms with Crippen molar-refractivity contribution in [2.45, 2.75) is 31.3 Å². The molecule has 1 atom stereocenters. The van der Waals surface area contributed by atoms with Crippen LogP contribution in [0.3, 0.4) is 0 Å². The molecule has 0 aliphatic heterocycles. The second kappa shape index (κ2) is 3.35. The van der Waals surface area contributed by atoms with Crippen LogP contribution < -0.4 is 0 Å². The molecular weight excluding hydrogens is 202 g/mol. The van der Waals surface area contributed by atoms with Crippen molar-refractivity contribution < 1.29 is 18.7 Å². The van der Waals surface area contributed by atoms with Crippen LogP contribution in [0.1, 0.15) is 19.8 Å². The molecule has 0 aromatic rings. The lowest BCUT2D eigenvalue weighted by Gasteiger charge is -2.08. The number of allylic oxidation sites excluding steroid dienone is 1. The Labute approximate surface area is 79.2 Å². The molecule has 0 spiro atoms. The van der Waals surface area contributed by atoms with E-state index in [1.165, 1.54) is 6.92 Å². The van der Waals surface area contributed by atoms with Crippen LogP contribution in [-0.4, -0.2) is 22.4 Å². The van der Waals surface area contributed by atoms with Gasteiger partial charge in [0.25, 0.3) is 0 Å². The van der Waals surface area contributed by atoms with Crippen LogP contribution in [0.5, 0.6) is 0 Å². The van der Waals surface area contributed by atoms with Gasteiger partial charge in [0.1, 0.15) is 0 Å². The van der Waals surface area contributed by atoms with Gasteiger partial charge in [-0.25, -0.2) is 0 Å². The Morgan fingerprint density at radius 2 is 2.23 bits per heavy atom. The summed E-state index contributed by atoms with van der Waals surface area (Å²) < 4.78 is 24.7. The Morgan fingerprint density at radius 3 is 2.54 bits per heavy atom. The first kappa shape index (κ1) is 10.6. The number of ketones is 1. The van der Waals surface area contributed by atoms with E-state index < -0.39 is 23.7 Å². The van der Waals surface area contributed by atoms with Crippen LogP contribution in [0.4, 0.5) is 8.78 Å². The van der Waals surface area contributed by atoms with E-state index in [0.29, 0.717) is 5.57 Å². The average molecular weight is 211 g/mol. The summed E-state index contributed by atoms with van der Waals surface area (Å²) in [6.45, 7) is 1.47. The Kier molecular flexibility index (Phi) is 2.73. The normalized spacial score (nSPS) is 24.4. The van der Waals surface area contributed by atoms with E-state index >= 15 is 0 Å². The summed E-state index contributed by atoms with van der Waals surface area (Å²) in [5.41, 5.74) is 0.276. The van der Waals surface area contributed by atoms with Gasteiger partial charge in [-0.15, -0.1) is 0 Å². The molecule has 0 unspecified atom stereocenters. The van der Waals surface area contributed by atoms with Crippen LogP contribution in [0.25, 0.3) is 0 Å². The first-order valence-electron chi connectivity index (χ1n) is 3.79. The van der Waals surface area contributed by atoms with Crippen LogP contribution in [0, 0.1) is 0 Å². The van der Waals surface area contributed by atoms with E-state index in [9.17, 15) is 13.6 Å². The van der Waals surface area contributed by atoms with Crippen LogP contribution in [0.2, 0.25) is 0 Å². The third-order valence-corrected chi connectivity index (χ3v) is 2.20. The lowest BCUT2D eigenvalue weighted by molar-refractivity contribution is -0.116. The quantitative estimate of drug-likeness (QED) is 0.707. The second-order valence-electron chi connectivity index (χ2n) is 3.10. The summed E-state index contributed by atoms with van der Waals surface area (Å²) in [4.78, 5) is 11.1. The fourth-order valence-electron chi connectivity index (χ4n) is 1.31. The maximum Gasteiger partial charge on any atom is 0.325 e. The number of hydrogen-bond donors (Lipinski definition) is 1. The molecule has 0 heterocycles. The number of carbonyl (C=O) groups is 1. The summed E-state index contributed by atoms with van der Waals surface area (Å²) in [6.07, 6.45) is -1.81. The maximum absolute atomic E-state index is 12.3. The first-order chi connectivity index (χ1) is 5.81. The number of aliphatic hydroxyl groups is 1. The molecule has 0 amide bonds. The highest BCUT2D eigenvalue weighted by Crippen LogP contribution is 2.34. The smallest absolute Gasteiger partial charge is 0.325 e. The lowest BCUT2D eigenvalue weighted by atomic mass is 10.1. The predicted octanol–water partition coefficient (Wildman–Crippen LogP) is 1.86. The number of rotatable bonds is 2. The molecule has 1 aliphatic rings. The van der Waals surface area contributed by atoms with E-state index in [0.717, 1.165) is 0 Å². The van der Waals surface area contributed by atoms with Crippen LogP contribution >= 0.6 is 11.6 Å². The van der Waals surface area contributed by atoms with Gasteiger partial charge in [0, 0.05) is 12.0 Å². The van der Waals surface area contributed by atoms with Crippen molar-refractivity contribution >= 4 is 17.4 Å². The van der Waals surface area contributed by atoms with Crippen molar-refractivity contribution in [2.75, 3.05) is 0 Å². The van der Waals surface area contributed by atoms with E-state index in [1.54, 1.807) is 0 Å². The third kappa shape index (κ3) is 2.48. The Morgan fingerprint density at radius 1 is 1.69 bits per heavy atom. The van der Waals surface area contributed by atoms with Gasteiger partial charge in [0.2, 0.25) is 0 Å². The summed E-state index contributed by atoms with van der Waals surface area (Å²) in [5.74, 6) is -0.440. The largest absolute Gasteiger partial charge is 0.388 e. The summed E-state index contributed by atoms with van der Waals surface area (Å²) in [7, 11) is 0. The van der Waals surface area contributed by atoms with E-state index in [1.807, 2.05) is 0 Å². The maximum atomic E-state index is 12.3. The van der Waals surface area contributed by atoms with Crippen molar-refractivity contribution in [2.24, 2.45) is 0 Å². The molecule has 0 radical (unpaired) electrons. The van der Waals surface area contributed by atoms with Gasteiger partial charge in [0.05, 0.1) is 12.5 Å². The molecule has 0 bridgehead atoms. The minimum Gasteiger partial charge on any atom is -0.388 e. The first-order valence-corrected chi connectivity index (χ1v) is 4.16. The molecule has 74 valence electrons. The van der Waals surface area contributed by atoms with Crippen molar-refractivity contribution in [3.05, 3.63) is 11.1 Å². The number of Topliss-reactive ketones (excluding diaryl/α,β-unsaturated/α-hetero) is 1. The van der Waals surface area contributed by atoms with Crippen molar-refractivity contribution in [1.82, 2.24) is 0 Å². The Hall–Kier alpha value is -0.480. The van der Waals surface area contributed by atoms with E-state index in [-0.39, 0.29) is 12.0 Å². The molecule has 1 aliphatic carbocycles. The molecule has 0 fully saturated rings. The molecule has 0 saturated carbocycles. The van der Waals surface area contributed by atoms with Gasteiger partial charge in [0.15, 0.2) is 5.78 Å². The third-order valence-electron chi connectivity index (χ3n) is 2.07. The van der Waals surface area contributed by atoms with Crippen LogP contribution in [0.15, 0.2) is 11.1 Å². The van der Waals surface area contributed by atoms with Crippen molar-refractivity contribution in [3.8, 4) is 0 Å². The molecule has 13 heavy (non-hydrogen) atoms. The fraction of sp³-hybridized carbons (Fsp3) is 0.625. The Bertz CT molecular complexity index is 268. The summed E-state index contributed by atoms with van der Waals surface area (Å²) in [6, 6.07) is 0. The highest BCUT2D eigenvalue weighted by Gasteiger charge is 2.35. The Balaban J connectivity index is 2.84. The number of halogens is 3. The van der Waals surface area contributed by atoms with Gasteiger partial charge in [-0.1, -0.05) is 0 Å². The molecule has 1 N–H and O–H groups in total. The summed E-state index contributed by atoms with van der Waals surface area (Å²) >= 11 is 4.69. The SMILES string of the molecule is CC1=C(CC(F)(F)Cl)C(=O)C[C@@H]1O. The van der Waals surface area contributed by atoms with Gasteiger partial charge in [-0.3, -0.25) is 4.79 Å². The van der Waals surface area contributed by atoms with Gasteiger partial charge in [-0.05, 0) is 24.1 Å². The minimum absolute atomic E-state index is 0.0347. The lowest BCUT2D eigenvalue weighted by Crippen LogP contribution is -2.10. The van der Waals surface area contributed by atoms with Gasteiger partial charge < -0.3 is 5.11 Å². The molecule has 1 rings (SSSR count). The predicted molar refractivity (Wildman–Crippen MR) is 43.7 cm³/mol. The second-order valence-corrected chi connectivity index (χ2v) is 3.65. The number of aliphatic hydroxyl groups excluding tert-OH is 1. The molecule has 0 saturated heterocycles. The molecule has 0 aromatic carbocycles. The number of hydrogen-bond acceptors (Lipinski definition) is 2. The minimum atomic E-state index is -3.41. The molecule has 5 heteroatoms. The standard InChI is InChI=1S/C8H9ClF2O2/c1-4-5(3-8(9,10)11)7(13)2-6(4)12/h6,12H,2-3H2,1H3/t6-/m0/s1. The molecule has 0 aromatic heterocycles. The number of carbonyl (C=O) groups excluding carboxylic acids is 1. The van der Waals surface area contributed by atoms with Gasteiger partial charge >= 0.3 is 5.38 Å².